The fourth-order valence-electron chi connectivity index (χ4n) is 1.45. The van der Waals surface area contributed by atoms with Gasteiger partial charge in [0.2, 0.25) is 5.01 Å². The van der Waals surface area contributed by atoms with E-state index in [1.54, 1.807) is 6.92 Å². The number of aromatic nitrogens is 2. The quantitative estimate of drug-likeness (QED) is 0.843. The molecule has 2 N–H and O–H groups in total. The van der Waals surface area contributed by atoms with Gasteiger partial charge in [0.25, 0.3) is 11.1 Å². The average molecular weight is 311 g/mol. The Morgan fingerprint density at radius 1 is 1.38 bits per heavy atom. The van der Waals surface area contributed by atoms with Crippen molar-refractivity contribution in [2.24, 2.45) is 5.73 Å². The Kier molecular flexibility index (Phi) is 4.43. The molecular formula is C12H10FN3O4S. The van der Waals surface area contributed by atoms with Gasteiger partial charge in [-0.15, -0.1) is 5.10 Å². The number of amides is 1. The van der Waals surface area contributed by atoms with Crippen molar-refractivity contribution >= 4 is 23.2 Å². The second-order valence-corrected chi connectivity index (χ2v) is 4.61. The summed E-state index contributed by atoms with van der Waals surface area (Å²) in [5.74, 6) is -2.53. The summed E-state index contributed by atoms with van der Waals surface area (Å²) < 4.78 is 23.6. The molecule has 1 amide bonds. The zero-order chi connectivity index (χ0) is 15.4. The summed E-state index contributed by atoms with van der Waals surface area (Å²) in [6, 6.07) is 3.79. The highest BCUT2D eigenvalue weighted by Gasteiger charge is 2.19. The van der Waals surface area contributed by atoms with Gasteiger partial charge in [-0.25, -0.2) is 9.18 Å². The number of esters is 1. The van der Waals surface area contributed by atoms with Crippen molar-refractivity contribution in [2.75, 3.05) is 6.61 Å². The molecule has 0 bridgehead atoms. The van der Waals surface area contributed by atoms with Gasteiger partial charge in [-0.2, -0.15) is 0 Å². The van der Waals surface area contributed by atoms with E-state index in [0.29, 0.717) is 0 Å². The fourth-order valence-corrected chi connectivity index (χ4v) is 2.05. The van der Waals surface area contributed by atoms with Gasteiger partial charge in [0.05, 0.1) is 6.61 Å². The van der Waals surface area contributed by atoms with Crippen LogP contribution in [-0.4, -0.2) is 28.7 Å². The van der Waals surface area contributed by atoms with Gasteiger partial charge in [0.1, 0.15) is 17.1 Å². The first kappa shape index (κ1) is 14.9. The molecule has 0 atom stereocenters. The SMILES string of the molecule is CCOC(=O)c1nnc(Oc2cccc(F)c2C(N)=O)s1. The third-order valence-corrected chi connectivity index (χ3v) is 3.06. The minimum atomic E-state index is -0.974. The lowest BCUT2D eigenvalue weighted by Crippen LogP contribution is -2.14. The van der Waals surface area contributed by atoms with Crippen LogP contribution in [0.1, 0.15) is 27.1 Å². The van der Waals surface area contributed by atoms with E-state index in [-0.39, 0.29) is 22.6 Å². The van der Waals surface area contributed by atoms with Gasteiger partial charge >= 0.3 is 5.97 Å². The molecule has 0 saturated heterocycles. The van der Waals surface area contributed by atoms with E-state index >= 15 is 0 Å². The van der Waals surface area contributed by atoms with E-state index < -0.39 is 23.3 Å². The lowest BCUT2D eigenvalue weighted by atomic mass is 10.2. The Hall–Kier alpha value is -2.55. The molecule has 0 fully saturated rings. The van der Waals surface area contributed by atoms with E-state index in [9.17, 15) is 14.0 Å². The topological polar surface area (TPSA) is 104 Å². The second-order valence-electron chi connectivity index (χ2n) is 3.67. The highest BCUT2D eigenvalue weighted by atomic mass is 32.1. The number of carbonyl (C=O) groups excluding carboxylic acids is 2. The summed E-state index contributed by atoms with van der Waals surface area (Å²) in [5, 5.41) is 7.16. The first-order valence-electron chi connectivity index (χ1n) is 5.79. The van der Waals surface area contributed by atoms with Crippen LogP contribution in [0, 0.1) is 5.82 Å². The van der Waals surface area contributed by atoms with Crippen molar-refractivity contribution in [1.29, 1.82) is 0 Å². The van der Waals surface area contributed by atoms with Gasteiger partial charge in [0, 0.05) is 0 Å². The third kappa shape index (κ3) is 3.31. The number of hydrogen-bond donors (Lipinski definition) is 1. The number of carbonyl (C=O) groups is 2. The lowest BCUT2D eigenvalue weighted by Gasteiger charge is -2.06. The molecular weight excluding hydrogens is 301 g/mol. The van der Waals surface area contributed by atoms with Gasteiger partial charge in [-0.3, -0.25) is 4.79 Å². The second kappa shape index (κ2) is 6.27. The molecule has 110 valence electrons. The largest absolute Gasteiger partial charge is 0.461 e. The number of benzene rings is 1. The summed E-state index contributed by atoms with van der Waals surface area (Å²) in [6.07, 6.45) is 0. The molecule has 0 aliphatic rings. The van der Waals surface area contributed by atoms with E-state index in [2.05, 4.69) is 10.2 Å². The maximum atomic E-state index is 13.5. The van der Waals surface area contributed by atoms with Crippen LogP contribution in [0.2, 0.25) is 0 Å². The maximum absolute atomic E-state index is 13.5. The van der Waals surface area contributed by atoms with Crippen LogP contribution >= 0.6 is 11.3 Å². The zero-order valence-electron chi connectivity index (χ0n) is 10.8. The molecule has 1 aromatic heterocycles. The molecule has 1 heterocycles. The molecule has 9 heteroatoms. The summed E-state index contributed by atoms with van der Waals surface area (Å²) in [7, 11) is 0. The van der Waals surface area contributed by atoms with Gasteiger partial charge < -0.3 is 15.2 Å². The molecule has 2 aromatic rings. The van der Waals surface area contributed by atoms with Crippen molar-refractivity contribution in [1.82, 2.24) is 10.2 Å². The van der Waals surface area contributed by atoms with Gasteiger partial charge in [0.15, 0.2) is 0 Å². The molecule has 1 aromatic carbocycles. The molecule has 0 spiro atoms. The van der Waals surface area contributed by atoms with Crippen LogP contribution in [0.25, 0.3) is 0 Å². The number of primary amides is 1. The molecule has 21 heavy (non-hydrogen) atoms. The Morgan fingerprint density at radius 3 is 2.81 bits per heavy atom. The van der Waals surface area contributed by atoms with E-state index in [0.717, 1.165) is 17.4 Å². The predicted octanol–water partition coefficient (Wildman–Crippen LogP) is 1.75. The fraction of sp³-hybridized carbons (Fsp3) is 0.167. The zero-order valence-corrected chi connectivity index (χ0v) is 11.6. The standard InChI is InChI=1S/C12H10FN3O4S/c1-2-19-11(18)10-15-16-12(21-10)20-7-5-3-4-6(13)8(7)9(14)17/h3-5H,2H2,1H3,(H2,14,17). The molecule has 0 saturated carbocycles. The highest BCUT2D eigenvalue weighted by Crippen LogP contribution is 2.29. The van der Waals surface area contributed by atoms with Crippen molar-refractivity contribution in [3.63, 3.8) is 0 Å². The maximum Gasteiger partial charge on any atom is 0.369 e. The number of nitrogens with zero attached hydrogens (tertiary/aromatic N) is 2. The highest BCUT2D eigenvalue weighted by molar-refractivity contribution is 7.14. The normalized spacial score (nSPS) is 10.2. The molecule has 0 aliphatic carbocycles. The van der Waals surface area contributed by atoms with Crippen LogP contribution < -0.4 is 10.5 Å². The smallest absolute Gasteiger partial charge is 0.369 e. The Morgan fingerprint density at radius 2 is 2.14 bits per heavy atom. The molecule has 0 radical (unpaired) electrons. The number of ether oxygens (including phenoxy) is 2. The van der Waals surface area contributed by atoms with Crippen LogP contribution in [0.5, 0.6) is 10.9 Å². The first-order valence-corrected chi connectivity index (χ1v) is 6.61. The molecule has 2 rings (SSSR count). The van der Waals surface area contributed by atoms with Crippen LogP contribution in [0.4, 0.5) is 4.39 Å². The van der Waals surface area contributed by atoms with Crippen molar-refractivity contribution in [3.05, 3.63) is 34.6 Å². The Balaban J connectivity index is 2.25. The predicted molar refractivity (Wildman–Crippen MR) is 70.9 cm³/mol. The summed E-state index contributed by atoms with van der Waals surface area (Å²) in [4.78, 5) is 22.7. The first-order chi connectivity index (χ1) is 10.0. The van der Waals surface area contributed by atoms with Crippen LogP contribution in [0.3, 0.4) is 0 Å². The van der Waals surface area contributed by atoms with Crippen molar-refractivity contribution < 1.29 is 23.5 Å². The van der Waals surface area contributed by atoms with E-state index in [1.807, 2.05) is 0 Å². The van der Waals surface area contributed by atoms with Crippen LogP contribution in [0.15, 0.2) is 18.2 Å². The van der Waals surface area contributed by atoms with E-state index in [4.69, 9.17) is 15.2 Å². The van der Waals surface area contributed by atoms with Crippen molar-refractivity contribution in [2.45, 2.75) is 6.92 Å². The summed E-state index contributed by atoms with van der Waals surface area (Å²) in [5.41, 5.74) is 4.70. The minimum Gasteiger partial charge on any atom is -0.461 e. The molecule has 0 aliphatic heterocycles. The third-order valence-electron chi connectivity index (χ3n) is 2.28. The summed E-state index contributed by atoms with van der Waals surface area (Å²) in [6.45, 7) is 1.85. The summed E-state index contributed by atoms with van der Waals surface area (Å²) >= 11 is 0.808. The van der Waals surface area contributed by atoms with Crippen LogP contribution in [-0.2, 0) is 4.74 Å². The van der Waals surface area contributed by atoms with Crippen molar-refractivity contribution in [3.8, 4) is 10.9 Å². The van der Waals surface area contributed by atoms with E-state index in [1.165, 1.54) is 12.1 Å². The molecule has 7 nitrogen and oxygen atoms in total. The Labute approximate surface area is 122 Å². The number of halogens is 1. The number of hydrogen-bond acceptors (Lipinski definition) is 7. The Bertz CT molecular complexity index is 689. The van der Waals surface area contributed by atoms with Gasteiger partial charge in [-0.05, 0) is 30.4 Å². The number of rotatable bonds is 5. The number of nitrogens with two attached hydrogens (primary N) is 1. The monoisotopic (exact) mass is 311 g/mol. The van der Waals surface area contributed by atoms with Gasteiger partial charge in [-0.1, -0.05) is 11.2 Å². The average Bonchev–Trinajstić information content (AvgIpc) is 2.87. The minimum absolute atomic E-state index is 0.0103. The lowest BCUT2D eigenvalue weighted by molar-refractivity contribution is 0.0525. The molecule has 0 unspecified atom stereocenters.